The van der Waals surface area contributed by atoms with Crippen LogP contribution in [0.25, 0.3) is 0 Å². The summed E-state index contributed by atoms with van der Waals surface area (Å²) in [5.74, 6) is -0.248. The van der Waals surface area contributed by atoms with Crippen molar-refractivity contribution in [2.24, 2.45) is 5.41 Å². The molecule has 3 N–H and O–H groups in total. The molecule has 0 amide bonds. The number of rotatable bonds is 15. The van der Waals surface area contributed by atoms with Gasteiger partial charge in [0.05, 0.1) is 5.75 Å². The maximum atomic E-state index is 10.9. The summed E-state index contributed by atoms with van der Waals surface area (Å²) in [7, 11) is -3.94. The Hall–Kier alpha value is -0.170. The van der Waals surface area contributed by atoms with Gasteiger partial charge in [-0.3, -0.25) is 4.55 Å². The van der Waals surface area contributed by atoms with Gasteiger partial charge in [-0.25, -0.2) is 0 Å². The SMILES string of the molecule is CCCCCCCCC(CCO)(CCO)CCCS(=O)(=O)O. The number of hydrogen-bond donors (Lipinski definition) is 3. The molecular weight excluding hydrogens is 304 g/mol. The van der Waals surface area contributed by atoms with Crippen LogP contribution in [0.15, 0.2) is 0 Å². The third-order valence-corrected chi connectivity index (χ3v) is 5.26. The summed E-state index contributed by atoms with van der Waals surface area (Å²) >= 11 is 0. The van der Waals surface area contributed by atoms with Crippen molar-refractivity contribution in [3.63, 3.8) is 0 Å². The van der Waals surface area contributed by atoms with Gasteiger partial charge in [0.15, 0.2) is 0 Å². The lowest BCUT2D eigenvalue weighted by molar-refractivity contribution is 0.110. The van der Waals surface area contributed by atoms with E-state index in [0.717, 1.165) is 19.3 Å². The third-order valence-electron chi connectivity index (χ3n) is 4.45. The summed E-state index contributed by atoms with van der Waals surface area (Å²) in [6.45, 7) is 2.27. The van der Waals surface area contributed by atoms with E-state index in [4.69, 9.17) is 4.55 Å². The zero-order chi connectivity index (χ0) is 16.9. The van der Waals surface area contributed by atoms with Crippen molar-refractivity contribution < 1.29 is 23.2 Å². The lowest BCUT2D eigenvalue weighted by atomic mass is 9.73. The third kappa shape index (κ3) is 11.4. The second-order valence-electron chi connectivity index (χ2n) is 6.35. The number of aliphatic hydroxyl groups excluding tert-OH is 2. The molecule has 0 spiro atoms. The van der Waals surface area contributed by atoms with E-state index in [1.165, 1.54) is 25.7 Å². The molecule has 0 saturated heterocycles. The van der Waals surface area contributed by atoms with Gasteiger partial charge in [0, 0.05) is 13.2 Å². The average molecular weight is 339 g/mol. The lowest BCUT2D eigenvalue weighted by Gasteiger charge is -2.33. The largest absolute Gasteiger partial charge is 0.396 e. The summed E-state index contributed by atoms with van der Waals surface area (Å²) in [5.41, 5.74) is -0.209. The first-order valence-corrected chi connectivity index (χ1v) is 10.2. The van der Waals surface area contributed by atoms with Crippen molar-refractivity contribution in [1.29, 1.82) is 0 Å². The minimum absolute atomic E-state index is 0.0434. The van der Waals surface area contributed by atoms with Crippen LogP contribution in [0.2, 0.25) is 0 Å². The summed E-state index contributed by atoms with van der Waals surface area (Å²) in [6.07, 6.45) is 10.1. The van der Waals surface area contributed by atoms with Crippen molar-refractivity contribution in [2.75, 3.05) is 19.0 Å². The van der Waals surface area contributed by atoms with E-state index in [1.807, 2.05) is 0 Å². The summed E-state index contributed by atoms with van der Waals surface area (Å²) in [4.78, 5) is 0. The maximum absolute atomic E-state index is 10.9. The molecule has 0 saturated carbocycles. The predicted octanol–water partition coefficient (Wildman–Crippen LogP) is 3.16. The molecule has 0 aliphatic heterocycles. The Labute approximate surface area is 135 Å². The molecular formula is C16H34O5S. The highest BCUT2D eigenvalue weighted by Gasteiger charge is 2.28. The summed E-state index contributed by atoms with van der Waals surface area (Å²) in [5, 5.41) is 18.6. The predicted molar refractivity (Wildman–Crippen MR) is 89.5 cm³/mol. The highest BCUT2D eigenvalue weighted by atomic mass is 32.2. The van der Waals surface area contributed by atoms with Gasteiger partial charge in [-0.05, 0) is 37.5 Å². The average Bonchev–Trinajstić information content (AvgIpc) is 2.42. The smallest absolute Gasteiger partial charge is 0.264 e. The molecule has 0 aliphatic rings. The van der Waals surface area contributed by atoms with E-state index in [-0.39, 0.29) is 24.4 Å². The Bertz CT molecular complexity index is 348. The molecule has 22 heavy (non-hydrogen) atoms. The van der Waals surface area contributed by atoms with E-state index in [9.17, 15) is 18.6 Å². The molecule has 5 nitrogen and oxygen atoms in total. The highest BCUT2D eigenvalue weighted by molar-refractivity contribution is 7.85. The Balaban J connectivity index is 4.37. The van der Waals surface area contributed by atoms with Crippen molar-refractivity contribution in [3.8, 4) is 0 Å². The van der Waals surface area contributed by atoms with Crippen LogP contribution in [-0.2, 0) is 10.1 Å². The van der Waals surface area contributed by atoms with Crippen LogP contribution in [-0.4, -0.2) is 42.2 Å². The molecule has 0 fully saturated rings. The van der Waals surface area contributed by atoms with E-state index in [0.29, 0.717) is 25.7 Å². The van der Waals surface area contributed by atoms with Gasteiger partial charge < -0.3 is 10.2 Å². The van der Waals surface area contributed by atoms with Crippen molar-refractivity contribution >= 4 is 10.1 Å². The Morgan fingerprint density at radius 1 is 0.773 bits per heavy atom. The molecule has 0 aliphatic carbocycles. The molecule has 0 aromatic heterocycles. The van der Waals surface area contributed by atoms with Crippen LogP contribution in [0, 0.1) is 5.41 Å². The normalized spacial score (nSPS) is 12.7. The molecule has 0 radical (unpaired) electrons. The molecule has 0 atom stereocenters. The van der Waals surface area contributed by atoms with Crippen LogP contribution >= 0.6 is 0 Å². The number of unbranched alkanes of at least 4 members (excludes halogenated alkanes) is 5. The zero-order valence-corrected chi connectivity index (χ0v) is 14.8. The molecule has 0 unspecified atom stereocenters. The van der Waals surface area contributed by atoms with Gasteiger partial charge in [0.2, 0.25) is 0 Å². The van der Waals surface area contributed by atoms with E-state index < -0.39 is 10.1 Å². The molecule has 0 bridgehead atoms. The standard InChI is InChI=1S/C16H34O5S/c1-2-3-4-5-6-7-9-16(11-13-17,12-14-18)10-8-15-22(19,20)21/h17-18H,2-15H2,1H3,(H,19,20,21). The van der Waals surface area contributed by atoms with Gasteiger partial charge in [0.1, 0.15) is 0 Å². The van der Waals surface area contributed by atoms with Gasteiger partial charge >= 0.3 is 0 Å². The van der Waals surface area contributed by atoms with E-state index >= 15 is 0 Å². The fourth-order valence-electron chi connectivity index (χ4n) is 3.13. The van der Waals surface area contributed by atoms with E-state index in [1.54, 1.807) is 0 Å². The lowest BCUT2D eigenvalue weighted by Crippen LogP contribution is -2.25. The van der Waals surface area contributed by atoms with Crippen LogP contribution in [0.5, 0.6) is 0 Å². The second kappa shape index (κ2) is 12.3. The van der Waals surface area contributed by atoms with Gasteiger partial charge in [-0.1, -0.05) is 45.4 Å². The maximum Gasteiger partial charge on any atom is 0.264 e. The minimum Gasteiger partial charge on any atom is -0.396 e. The Kier molecular flexibility index (Phi) is 12.2. The molecule has 0 heterocycles. The molecule has 0 aromatic rings. The molecule has 0 rings (SSSR count). The van der Waals surface area contributed by atoms with Crippen LogP contribution < -0.4 is 0 Å². The minimum atomic E-state index is -3.94. The van der Waals surface area contributed by atoms with Crippen LogP contribution in [0.4, 0.5) is 0 Å². The van der Waals surface area contributed by atoms with Gasteiger partial charge in [-0.2, -0.15) is 8.42 Å². The van der Waals surface area contributed by atoms with Crippen molar-refractivity contribution in [1.82, 2.24) is 0 Å². The Morgan fingerprint density at radius 3 is 1.77 bits per heavy atom. The first kappa shape index (κ1) is 21.8. The zero-order valence-electron chi connectivity index (χ0n) is 14.0. The second-order valence-corrected chi connectivity index (χ2v) is 7.93. The molecule has 6 heteroatoms. The first-order chi connectivity index (χ1) is 10.4. The first-order valence-electron chi connectivity index (χ1n) is 8.56. The monoisotopic (exact) mass is 338 g/mol. The van der Waals surface area contributed by atoms with Gasteiger partial charge in [-0.15, -0.1) is 0 Å². The Morgan fingerprint density at radius 2 is 1.27 bits per heavy atom. The fraction of sp³-hybridized carbons (Fsp3) is 1.00. The van der Waals surface area contributed by atoms with Crippen molar-refractivity contribution in [3.05, 3.63) is 0 Å². The summed E-state index contributed by atoms with van der Waals surface area (Å²) in [6, 6.07) is 0. The topological polar surface area (TPSA) is 94.8 Å². The summed E-state index contributed by atoms with van der Waals surface area (Å²) < 4.78 is 30.5. The quantitative estimate of drug-likeness (QED) is 0.315. The molecule has 134 valence electrons. The highest BCUT2D eigenvalue weighted by Crippen LogP contribution is 2.38. The molecule has 0 aromatic carbocycles. The number of hydrogen-bond acceptors (Lipinski definition) is 4. The van der Waals surface area contributed by atoms with E-state index in [2.05, 4.69) is 6.92 Å². The number of aliphatic hydroxyl groups is 2. The van der Waals surface area contributed by atoms with Crippen molar-refractivity contribution in [2.45, 2.75) is 77.6 Å². The van der Waals surface area contributed by atoms with Gasteiger partial charge in [0.25, 0.3) is 10.1 Å². The van der Waals surface area contributed by atoms with Crippen LogP contribution in [0.1, 0.15) is 77.6 Å². The van der Waals surface area contributed by atoms with Crippen LogP contribution in [0.3, 0.4) is 0 Å². The fourth-order valence-corrected chi connectivity index (χ4v) is 3.64.